The van der Waals surface area contributed by atoms with E-state index < -0.39 is 0 Å². The number of nitrogens with one attached hydrogen (secondary N) is 4. The molecule has 5 aromatic rings. The molecular weight excluding hydrogens is 438 g/mol. The van der Waals surface area contributed by atoms with Crippen LogP contribution in [0.15, 0.2) is 85.0 Å². The molecular formula is C26H19N9. The van der Waals surface area contributed by atoms with Gasteiger partial charge in [0.15, 0.2) is 11.6 Å². The molecule has 0 saturated heterocycles. The van der Waals surface area contributed by atoms with Crippen LogP contribution in [0.1, 0.15) is 11.4 Å². The van der Waals surface area contributed by atoms with Crippen LogP contribution in [0.3, 0.4) is 0 Å². The first-order valence-corrected chi connectivity index (χ1v) is 10.7. The van der Waals surface area contributed by atoms with E-state index in [4.69, 9.17) is 5.41 Å². The summed E-state index contributed by atoms with van der Waals surface area (Å²) in [5.41, 5.74) is 5.26. The second-order valence-corrected chi connectivity index (χ2v) is 7.56. The predicted molar refractivity (Wildman–Crippen MR) is 136 cm³/mol. The second kappa shape index (κ2) is 9.64. The van der Waals surface area contributed by atoms with Crippen LogP contribution in [0, 0.1) is 16.7 Å². The zero-order valence-corrected chi connectivity index (χ0v) is 18.4. The van der Waals surface area contributed by atoms with Gasteiger partial charge >= 0.3 is 0 Å². The number of rotatable bonds is 7. The number of benzene rings is 2. The number of aromatic nitrogens is 5. The van der Waals surface area contributed by atoms with E-state index in [0.717, 1.165) is 33.5 Å². The lowest BCUT2D eigenvalue weighted by Crippen LogP contribution is -2.00. The normalized spacial score (nSPS) is 11.1. The molecule has 0 radical (unpaired) electrons. The van der Waals surface area contributed by atoms with Gasteiger partial charge in [-0.2, -0.15) is 10.4 Å². The average Bonchev–Trinajstić information content (AvgIpc) is 3.37. The molecule has 0 aliphatic rings. The number of nitriles is 1. The van der Waals surface area contributed by atoms with Crippen molar-refractivity contribution in [3.05, 3.63) is 96.3 Å². The average molecular weight is 458 g/mol. The van der Waals surface area contributed by atoms with Gasteiger partial charge in [-0.05, 0) is 48.5 Å². The summed E-state index contributed by atoms with van der Waals surface area (Å²) in [6.45, 7) is 0. The number of allylic oxidation sites excluding steroid dienone is 1. The molecule has 168 valence electrons. The van der Waals surface area contributed by atoms with E-state index in [1.807, 2.05) is 54.6 Å². The summed E-state index contributed by atoms with van der Waals surface area (Å²) in [6.07, 6.45) is 8.00. The van der Waals surface area contributed by atoms with Crippen LogP contribution in [-0.2, 0) is 0 Å². The van der Waals surface area contributed by atoms with E-state index in [1.165, 1.54) is 6.21 Å². The first-order chi connectivity index (χ1) is 17.2. The van der Waals surface area contributed by atoms with Crippen molar-refractivity contribution >= 4 is 40.3 Å². The number of fused-ring (bicyclic) bond motifs is 1. The molecule has 9 heteroatoms. The van der Waals surface area contributed by atoms with E-state index in [2.05, 4.69) is 41.9 Å². The molecule has 4 N–H and O–H groups in total. The second-order valence-electron chi connectivity index (χ2n) is 7.56. The number of hydrogen-bond acceptors (Lipinski definition) is 8. The van der Waals surface area contributed by atoms with Crippen molar-refractivity contribution in [2.45, 2.75) is 0 Å². The molecule has 0 saturated carbocycles. The highest BCUT2D eigenvalue weighted by molar-refractivity contribution is 5.94. The smallest absolute Gasteiger partial charge is 0.181 e. The maximum absolute atomic E-state index is 9.26. The SMILES string of the molecule is N#Cc1ccc2nccc(Nc3cccc(-c4n[nH]c(/C=C(\C=N)Nc5ccncc5)n4)c3)c2c1. The third-order valence-corrected chi connectivity index (χ3v) is 5.19. The first kappa shape index (κ1) is 21.5. The van der Waals surface area contributed by atoms with Crippen molar-refractivity contribution in [1.82, 2.24) is 25.1 Å². The van der Waals surface area contributed by atoms with Crippen LogP contribution in [-0.4, -0.2) is 31.4 Å². The quantitative estimate of drug-likeness (QED) is 0.248. The number of nitrogens with zero attached hydrogens (tertiary/aromatic N) is 5. The topological polar surface area (TPSA) is 139 Å². The Labute approximate surface area is 200 Å². The molecule has 0 amide bonds. The zero-order valence-electron chi connectivity index (χ0n) is 18.4. The summed E-state index contributed by atoms with van der Waals surface area (Å²) in [5, 5.41) is 31.6. The van der Waals surface area contributed by atoms with Crippen LogP contribution in [0.2, 0.25) is 0 Å². The summed E-state index contributed by atoms with van der Waals surface area (Å²) < 4.78 is 0. The van der Waals surface area contributed by atoms with Crippen molar-refractivity contribution in [2.24, 2.45) is 0 Å². The van der Waals surface area contributed by atoms with Gasteiger partial charge in [0.05, 0.1) is 22.8 Å². The largest absolute Gasteiger partial charge is 0.355 e. The standard InChI is InChI=1S/C26H19N9/c27-15-17-4-5-23-22(12-17)24(8-11-30-23)32-20-3-1-2-18(13-20)26-33-25(34-35-26)14-21(16-28)31-19-6-9-29-10-7-19/h1-14,16,28H,(H,29,31)(H,30,32)(H,33,34,35)/b21-14+,28-16?. The fourth-order valence-electron chi connectivity index (χ4n) is 3.55. The van der Waals surface area contributed by atoms with Gasteiger partial charge in [0.1, 0.15) is 0 Å². The van der Waals surface area contributed by atoms with E-state index >= 15 is 0 Å². The van der Waals surface area contributed by atoms with Crippen molar-refractivity contribution < 1.29 is 0 Å². The van der Waals surface area contributed by atoms with Gasteiger partial charge in [0.25, 0.3) is 0 Å². The third kappa shape index (κ3) is 4.86. The lowest BCUT2D eigenvalue weighted by molar-refractivity contribution is 1.08. The minimum Gasteiger partial charge on any atom is -0.355 e. The lowest BCUT2D eigenvalue weighted by atomic mass is 10.1. The molecule has 5 rings (SSSR count). The first-order valence-electron chi connectivity index (χ1n) is 10.7. The van der Waals surface area contributed by atoms with E-state index in [1.54, 1.807) is 30.7 Å². The molecule has 0 atom stereocenters. The highest BCUT2D eigenvalue weighted by Gasteiger charge is 2.08. The Hall–Kier alpha value is -5.36. The molecule has 2 aromatic carbocycles. The minimum atomic E-state index is 0.516. The molecule has 0 spiro atoms. The summed E-state index contributed by atoms with van der Waals surface area (Å²) in [6, 6.07) is 20.8. The van der Waals surface area contributed by atoms with Gasteiger partial charge in [-0.1, -0.05) is 12.1 Å². The fraction of sp³-hybridized carbons (Fsp3) is 0. The Morgan fingerprint density at radius 3 is 2.71 bits per heavy atom. The highest BCUT2D eigenvalue weighted by Crippen LogP contribution is 2.28. The van der Waals surface area contributed by atoms with Crippen LogP contribution < -0.4 is 10.6 Å². The summed E-state index contributed by atoms with van der Waals surface area (Å²) in [5.74, 6) is 1.04. The Kier molecular flexibility index (Phi) is 5.92. The molecule has 3 heterocycles. The van der Waals surface area contributed by atoms with Gasteiger partial charge < -0.3 is 16.0 Å². The van der Waals surface area contributed by atoms with Crippen LogP contribution in [0.25, 0.3) is 28.4 Å². The van der Waals surface area contributed by atoms with E-state index in [9.17, 15) is 5.26 Å². The lowest BCUT2D eigenvalue weighted by Gasteiger charge is -2.10. The van der Waals surface area contributed by atoms with Crippen molar-refractivity contribution in [3.63, 3.8) is 0 Å². The van der Waals surface area contributed by atoms with E-state index in [-0.39, 0.29) is 0 Å². The monoisotopic (exact) mass is 457 g/mol. The van der Waals surface area contributed by atoms with Crippen molar-refractivity contribution in [3.8, 4) is 17.5 Å². The van der Waals surface area contributed by atoms with Crippen molar-refractivity contribution in [1.29, 1.82) is 10.7 Å². The van der Waals surface area contributed by atoms with Crippen LogP contribution in [0.5, 0.6) is 0 Å². The van der Waals surface area contributed by atoms with E-state index in [0.29, 0.717) is 22.9 Å². The van der Waals surface area contributed by atoms with Gasteiger partial charge in [-0.25, -0.2) is 4.98 Å². The molecule has 0 unspecified atom stereocenters. The van der Waals surface area contributed by atoms with Gasteiger partial charge in [-0.3, -0.25) is 15.1 Å². The zero-order chi connectivity index (χ0) is 24.0. The number of pyridine rings is 2. The molecule has 0 bridgehead atoms. The summed E-state index contributed by atoms with van der Waals surface area (Å²) in [4.78, 5) is 12.9. The van der Waals surface area contributed by atoms with Gasteiger partial charge in [0, 0.05) is 58.9 Å². The predicted octanol–water partition coefficient (Wildman–Crippen LogP) is 5.13. The minimum absolute atomic E-state index is 0.516. The highest BCUT2D eigenvalue weighted by atomic mass is 15.2. The molecule has 9 nitrogen and oxygen atoms in total. The van der Waals surface area contributed by atoms with Crippen LogP contribution >= 0.6 is 0 Å². The fourth-order valence-corrected chi connectivity index (χ4v) is 3.55. The van der Waals surface area contributed by atoms with Crippen LogP contribution in [0.4, 0.5) is 17.1 Å². The van der Waals surface area contributed by atoms with Crippen molar-refractivity contribution in [2.75, 3.05) is 10.6 Å². The molecule has 0 aliphatic carbocycles. The summed E-state index contributed by atoms with van der Waals surface area (Å²) >= 11 is 0. The Morgan fingerprint density at radius 1 is 1.00 bits per heavy atom. The molecule has 3 aromatic heterocycles. The van der Waals surface area contributed by atoms with Gasteiger partial charge in [-0.15, -0.1) is 0 Å². The maximum atomic E-state index is 9.26. The molecule has 0 fully saturated rings. The molecule has 35 heavy (non-hydrogen) atoms. The Morgan fingerprint density at radius 2 is 1.89 bits per heavy atom. The number of H-pyrrole nitrogens is 1. The summed E-state index contributed by atoms with van der Waals surface area (Å²) in [7, 11) is 0. The number of anilines is 3. The Bertz CT molecular complexity index is 1580. The maximum Gasteiger partial charge on any atom is 0.181 e. The van der Waals surface area contributed by atoms with Gasteiger partial charge in [0.2, 0.25) is 0 Å². The molecule has 0 aliphatic heterocycles. The number of hydrogen-bond donors (Lipinski definition) is 4. The number of aromatic amines is 1. The Balaban J connectivity index is 1.39. The third-order valence-electron chi connectivity index (χ3n) is 5.19.